The highest BCUT2D eigenvalue weighted by atomic mass is 16.5. The van der Waals surface area contributed by atoms with Gasteiger partial charge in [-0.25, -0.2) is 9.59 Å². The molecule has 0 radical (unpaired) electrons. The fraction of sp³-hybridized carbons (Fsp3) is 0.419. The lowest BCUT2D eigenvalue weighted by molar-refractivity contribution is -0.142. The fourth-order valence-electron chi connectivity index (χ4n) is 4.58. The first kappa shape index (κ1) is 31.2. The molecule has 5 N–H and O–H groups in total. The lowest BCUT2D eigenvalue weighted by Gasteiger charge is -2.26. The zero-order valence-corrected chi connectivity index (χ0v) is 24.0. The smallest absolute Gasteiger partial charge is 0.408 e. The number of carbonyl (C=O) groups excluding carboxylic acids is 3. The zero-order valence-electron chi connectivity index (χ0n) is 24.0. The molecule has 0 aliphatic carbocycles. The number of aromatic nitrogens is 1. The molecule has 2 aromatic carbocycles. The van der Waals surface area contributed by atoms with E-state index in [1.807, 2.05) is 82.3 Å². The molecule has 3 aromatic rings. The molecule has 41 heavy (non-hydrogen) atoms. The molecule has 10 heteroatoms. The van der Waals surface area contributed by atoms with E-state index in [4.69, 9.17) is 4.74 Å². The van der Waals surface area contributed by atoms with Crippen LogP contribution in [0.15, 0.2) is 60.8 Å². The number of rotatable bonds is 14. The highest BCUT2D eigenvalue weighted by molar-refractivity contribution is 5.93. The van der Waals surface area contributed by atoms with Crippen LogP contribution in [0.1, 0.15) is 51.7 Å². The van der Waals surface area contributed by atoms with Gasteiger partial charge >= 0.3 is 12.1 Å². The van der Waals surface area contributed by atoms with Crippen LogP contribution in [0.3, 0.4) is 0 Å². The molecule has 0 spiro atoms. The van der Waals surface area contributed by atoms with Crippen LogP contribution in [0.25, 0.3) is 10.9 Å². The first-order valence-electron chi connectivity index (χ1n) is 13.9. The van der Waals surface area contributed by atoms with E-state index < -0.39 is 42.0 Å². The molecule has 0 saturated heterocycles. The number of benzene rings is 2. The second kappa shape index (κ2) is 14.9. The summed E-state index contributed by atoms with van der Waals surface area (Å²) in [6, 6.07) is 13.5. The van der Waals surface area contributed by atoms with E-state index in [1.165, 1.54) is 0 Å². The normalized spacial score (nSPS) is 13.4. The van der Waals surface area contributed by atoms with Crippen molar-refractivity contribution in [2.45, 2.75) is 71.7 Å². The van der Waals surface area contributed by atoms with Crippen molar-refractivity contribution in [3.63, 3.8) is 0 Å². The SMILES string of the molecule is CC(C)C[C@H](NC(=O)OCc1ccccc1)C(=O)N[C@@H](CC(C)C)C(=O)N[C@@H](Cc1c[nH]c2ccccc12)C(=O)O. The van der Waals surface area contributed by atoms with E-state index in [-0.39, 0.29) is 31.3 Å². The summed E-state index contributed by atoms with van der Waals surface area (Å²) >= 11 is 0. The summed E-state index contributed by atoms with van der Waals surface area (Å²) in [5, 5.41) is 18.7. The summed E-state index contributed by atoms with van der Waals surface area (Å²) in [7, 11) is 0. The molecule has 3 atom stereocenters. The number of fused-ring (bicyclic) bond motifs is 1. The van der Waals surface area contributed by atoms with Gasteiger partial charge < -0.3 is 30.8 Å². The Kier molecular flexibility index (Phi) is 11.3. The van der Waals surface area contributed by atoms with Crippen molar-refractivity contribution in [1.82, 2.24) is 20.9 Å². The van der Waals surface area contributed by atoms with Crippen molar-refractivity contribution in [2.24, 2.45) is 11.8 Å². The number of aliphatic carboxylic acids is 1. The molecular weight excluding hydrogens is 524 g/mol. The van der Waals surface area contributed by atoms with E-state index in [9.17, 15) is 24.3 Å². The predicted molar refractivity (Wildman–Crippen MR) is 156 cm³/mol. The van der Waals surface area contributed by atoms with Crippen LogP contribution in [0.5, 0.6) is 0 Å². The molecule has 3 rings (SSSR count). The van der Waals surface area contributed by atoms with Crippen molar-refractivity contribution >= 4 is 34.8 Å². The number of hydrogen-bond acceptors (Lipinski definition) is 5. The number of carboxylic acids is 1. The van der Waals surface area contributed by atoms with Crippen molar-refractivity contribution in [3.05, 3.63) is 71.9 Å². The number of ether oxygens (including phenoxy) is 1. The van der Waals surface area contributed by atoms with Crippen LogP contribution in [0.2, 0.25) is 0 Å². The van der Waals surface area contributed by atoms with Crippen molar-refractivity contribution in [3.8, 4) is 0 Å². The molecule has 0 fully saturated rings. The van der Waals surface area contributed by atoms with Crippen molar-refractivity contribution < 1.29 is 29.0 Å². The van der Waals surface area contributed by atoms with Gasteiger partial charge in [-0.1, -0.05) is 76.2 Å². The minimum atomic E-state index is -1.20. The summed E-state index contributed by atoms with van der Waals surface area (Å²) in [6.45, 7) is 7.68. The standard InChI is InChI=1S/C31H40N4O6/c1-19(2)14-25(28(36)34-27(30(38)39)16-22-17-32-24-13-9-8-12-23(22)24)33-29(37)26(15-20(3)4)35-31(40)41-18-21-10-6-5-7-11-21/h5-13,17,19-20,25-27,32H,14-16,18H2,1-4H3,(H,33,37)(H,34,36)(H,35,40)(H,38,39)/t25-,26-,27-/m0/s1. The molecule has 0 bridgehead atoms. The van der Waals surface area contributed by atoms with Crippen LogP contribution in [-0.4, -0.2) is 52.1 Å². The fourth-order valence-corrected chi connectivity index (χ4v) is 4.58. The van der Waals surface area contributed by atoms with Crippen LogP contribution in [-0.2, 0) is 32.1 Å². The lowest BCUT2D eigenvalue weighted by Crippen LogP contribution is -2.56. The summed E-state index contributed by atoms with van der Waals surface area (Å²) in [5.74, 6) is -2.24. The number of H-pyrrole nitrogens is 1. The van der Waals surface area contributed by atoms with Gasteiger partial charge in [-0.15, -0.1) is 0 Å². The Balaban J connectivity index is 1.68. The third-order valence-electron chi connectivity index (χ3n) is 6.58. The maximum atomic E-state index is 13.3. The molecule has 10 nitrogen and oxygen atoms in total. The monoisotopic (exact) mass is 564 g/mol. The van der Waals surface area contributed by atoms with Gasteiger partial charge in [0.05, 0.1) is 0 Å². The molecule has 0 aliphatic heterocycles. The van der Waals surface area contributed by atoms with Gasteiger partial charge in [0.25, 0.3) is 0 Å². The quantitative estimate of drug-likeness (QED) is 0.199. The first-order valence-corrected chi connectivity index (χ1v) is 13.9. The van der Waals surface area contributed by atoms with Gasteiger partial charge in [-0.3, -0.25) is 9.59 Å². The summed E-state index contributed by atoms with van der Waals surface area (Å²) in [4.78, 5) is 54.4. The average Bonchev–Trinajstić information content (AvgIpc) is 3.33. The summed E-state index contributed by atoms with van der Waals surface area (Å²) in [6.07, 6.45) is 1.66. The summed E-state index contributed by atoms with van der Waals surface area (Å²) in [5.41, 5.74) is 2.43. The van der Waals surface area contributed by atoms with Crippen LogP contribution >= 0.6 is 0 Å². The second-order valence-corrected chi connectivity index (χ2v) is 11.0. The number of amides is 3. The second-order valence-electron chi connectivity index (χ2n) is 11.0. The molecule has 220 valence electrons. The molecule has 0 saturated carbocycles. The Morgan fingerprint density at radius 3 is 1.95 bits per heavy atom. The number of hydrogen-bond donors (Lipinski definition) is 5. The number of alkyl carbamates (subject to hydrolysis) is 1. The molecule has 1 aromatic heterocycles. The number of nitrogens with one attached hydrogen (secondary N) is 4. The Hall–Kier alpha value is -4.34. The largest absolute Gasteiger partial charge is 0.480 e. The van der Waals surface area contributed by atoms with E-state index in [1.54, 1.807) is 6.20 Å². The predicted octanol–water partition coefficient (Wildman–Crippen LogP) is 4.15. The molecule has 1 heterocycles. The number of carbonyl (C=O) groups is 4. The molecular formula is C31H40N4O6. The topological polar surface area (TPSA) is 150 Å². The Labute approximate surface area is 240 Å². The van der Waals surface area contributed by atoms with E-state index in [2.05, 4.69) is 20.9 Å². The first-order chi connectivity index (χ1) is 19.5. The maximum Gasteiger partial charge on any atom is 0.408 e. The van der Waals surface area contributed by atoms with Gasteiger partial charge in [0.15, 0.2) is 0 Å². The van der Waals surface area contributed by atoms with Crippen LogP contribution in [0, 0.1) is 11.8 Å². The molecule has 0 aliphatic rings. The van der Waals surface area contributed by atoms with Gasteiger partial charge in [0.2, 0.25) is 11.8 Å². The number of aromatic amines is 1. The van der Waals surface area contributed by atoms with Crippen LogP contribution < -0.4 is 16.0 Å². The minimum absolute atomic E-state index is 0.0234. The van der Waals surface area contributed by atoms with Crippen molar-refractivity contribution in [2.75, 3.05) is 0 Å². The summed E-state index contributed by atoms with van der Waals surface area (Å²) < 4.78 is 5.29. The highest BCUT2D eigenvalue weighted by Gasteiger charge is 2.31. The lowest BCUT2D eigenvalue weighted by atomic mass is 9.99. The van der Waals surface area contributed by atoms with E-state index in [0.717, 1.165) is 22.0 Å². The molecule has 3 amide bonds. The Morgan fingerprint density at radius 2 is 1.34 bits per heavy atom. The van der Waals surface area contributed by atoms with Gasteiger partial charge in [-0.05, 0) is 41.9 Å². The average molecular weight is 565 g/mol. The molecule has 0 unspecified atom stereocenters. The highest BCUT2D eigenvalue weighted by Crippen LogP contribution is 2.19. The van der Waals surface area contributed by atoms with Crippen LogP contribution in [0.4, 0.5) is 4.79 Å². The third kappa shape index (κ3) is 9.66. The Bertz CT molecular complexity index is 1320. The van der Waals surface area contributed by atoms with Crippen molar-refractivity contribution in [1.29, 1.82) is 0 Å². The maximum absolute atomic E-state index is 13.3. The number of para-hydroxylation sites is 1. The zero-order chi connectivity index (χ0) is 29.9. The van der Waals surface area contributed by atoms with E-state index in [0.29, 0.717) is 6.42 Å². The Morgan fingerprint density at radius 1 is 0.780 bits per heavy atom. The van der Waals surface area contributed by atoms with Gasteiger partial charge in [0, 0.05) is 23.5 Å². The van der Waals surface area contributed by atoms with Gasteiger partial charge in [-0.2, -0.15) is 0 Å². The minimum Gasteiger partial charge on any atom is -0.480 e. The van der Waals surface area contributed by atoms with E-state index >= 15 is 0 Å². The van der Waals surface area contributed by atoms with Gasteiger partial charge in [0.1, 0.15) is 24.7 Å². The number of carboxylic acid groups (broad SMARTS) is 1. The third-order valence-corrected chi connectivity index (χ3v) is 6.58.